The Bertz CT molecular complexity index is 488. The number of aryl methyl sites for hydroxylation is 1. The average Bonchev–Trinajstić information content (AvgIpc) is 2.36. The van der Waals surface area contributed by atoms with Crippen LogP contribution >= 0.6 is 0 Å². The van der Waals surface area contributed by atoms with Gasteiger partial charge in [-0.25, -0.2) is 4.39 Å². The van der Waals surface area contributed by atoms with E-state index in [1.165, 1.54) is 18.2 Å². The van der Waals surface area contributed by atoms with Gasteiger partial charge >= 0.3 is 0 Å². The van der Waals surface area contributed by atoms with Crippen molar-refractivity contribution in [2.45, 2.75) is 32.7 Å². The van der Waals surface area contributed by atoms with E-state index < -0.39 is 11.7 Å². The maximum absolute atomic E-state index is 13.0. The summed E-state index contributed by atoms with van der Waals surface area (Å²) in [4.78, 5) is 34.6. The van der Waals surface area contributed by atoms with Crippen molar-refractivity contribution in [2.24, 2.45) is 0 Å². The average molecular weight is 265 g/mol. The Labute approximate surface area is 111 Å². The zero-order valence-corrected chi connectivity index (χ0v) is 10.9. The van der Waals surface area contributed by atoms with Crippen molar-refractivity contribution < 1.29 is 18.8 Å². The summed E-state index contributed by atoms with van der Waals surface area (Å²) in [5, 5.41) is 0. The maximum Gasteiger partial charge on any atom is 0.260 e. The van der Waals surface area contributed by atoms with Crippen molar-refractivity contribution in [3.05, 3.63) is 35.1 Å². The second-order valence-electron chi connectivity index (χ2n) is 4.37. The van der Waals surface area contributed by atoms with Gasteiger partial charge in [0.1, 0.15) is 12.1 Å². The number of amides is 2. The first-order valence-corrected chi connectivity index (χ1v) is 5.99. The zero-order chi connectivity index (χ0) is 14.4. The van der Waals surface area contributed by atoms with Gasteiger partial charge in [0.05, 0.1) is 0 Å². The van der Waals surface area contributed by atoms with E-state index in [2.05, 4.69) is 0 Å². The molecule has 2 amide bonds. The SMILES string of the molecule is Cc1cc(F)ccc1C(=O)N(C=O)C(C)CCC=O. The molecule has 1 atom stereocenters. The number of carbonyl (C=O) groups excluding carboxylic acids is 3. The van der Waals surface area contributed by atoms with Crippen LogP contribution in [-0.2, 0) is 9.59 Å². The van der Waals surface area contributed by atoms with E-state index in [-0.39, 0.29) is 18.0 Å². The molecule has 0 spiro atoms. The summed E-state index contributed by atoms with van der Waals surface area (Å²) in [6.45, 7) is 3.30. The minimum absolute atomic E-state index is 0.279. The Balaban J connectivity index is 2.94. The van der Waals surface area contributed by atoms with Crippen molar-refractivity contribution in [3.8, 4) is 0 Å². The molecular weight excluding hydrogens is 249 g/mol. The van der Waals surface area contributed by atoms with Gasteiger partial charge in [-0.05, 0) is 44.0 Å². The molecule has 0 saturated heterocycles. The fraction of sp³-hybridized carbons (Fsp3) is 0.357. The fourth-order valence-electron chi connectivity index (χ4n) is 1.81. The van der Waals surface area contributed by atoms with E-state index in [0.29, 0.717) is 18.4 Å². The molecule has 0 radical (unpaired) electrons. The van der Waals surface area contributed by atoms with Crippen LogP contribution in [0.1, 0.15) is 35.7 Å². The molecule has 0 heterocycles. The predicted octanol–water partition coefficient (Wildman–Crippen LogP) is 2.10. The second kappa shape index (κ2) is 6.78. The van der Waals surface area contributed by atoms with E-state index in [9.17, 15) is 18.8 Å². The van der Waals surface area contributed by atoms with Crippen molar-refractivity contribution in [1.29, 1.82) is 0 Å². The fourth-order valence-corrected chi connectivity index (χ4v) is 1.81. The number of hydrogen-bond donors (Lipinski definition) is 0. The van der Waals surface area contributed by atoms with Crippen molar-refractivity contribution in [1.82, 2.24) is 4.90 Å². The quantitative estimate of drug-likeness (QED) is 0.740. The summed E-state index contributed by atoms with van der Waals surface area (Å²) in [7, 11) is 0. The van der Waals surface area contributed by atoms with Crippen LogP contribution in [0.25, 0.3) is 0 Å². The van der Waals surface area contributed by atoms with Crippen LogP contribution in [0.15, 0.2) is 18.2 Å². The van der Waals surface area contributed by atoms with Gasteiger partial charge in [-0.3, -0.25) is 14.5 Å². The second-order valence-corrected chi connectivity index (χ2v) is 4.37. The number of aldehydes is 1. The molecule has 19 heavy (non-hydrogen) atoms. The molecule has 0 aromatic heterocycles. The Morgan fingerprint density at radius 3 is 2.63 bits per heavy atom. The van der Waals surface area contributed by atoms with Crippen molar-refractivity contribution in [3.63, 3.8) is 0 Å². The summed E-state index contributed by atoms with van der Waals surface area (Å²) in [6, 6.07) is 3.40. The number of nitrogens with zero attached hydrogens (tertiary/aromatic N) is 1. The Kier molecular flexibility index (Phi) is 5.36. The first-order chi connectivity index (χ1) is 9.01. The third kappa shape index (κ3) is 3.71. The third-order valence-corrected chi connectivity index (χ3v) is 2.94. The molecule has 1 unspecified atom stereocenters. The van der Waals surface area contributed by atoms with Crippen LogP contribution in [0.4, 0.5) is 4.39 Å². The lowest BCUT2D eigenvalue weighted by atomic mass is 10.1. The van der Waals surface area contributed by atoms with Crippen molar-refractivity contribution in [2.75, 3.05) is 0 Å². The zero-order valence-electron chi connectivity index (χ0n) is 10.9. The molecule has 1 aromatic rings. The van der Waals surface area contributed by atoms with E-state index >= 15 is 0 Å². The highest BCUT2D eigenvalue weighted by Crippen LogP contribution is 2.15. The summed E-state index contributed by atoms with van der Waals surface area (Å²) in [6.07, 6.45) is 1.88. The van der Waals surface area contributed by atoms with Crippen LogP contribution in [0.2, 0.25) is 0 Å². The van der Waals surface area contributed by atoms with Crippen LogP contribution < -0.4 is 0 Å². The lowest BCUT2D eigenvalue weighted by Gasteiger charge is -2.23. The predicted molar refractivity (Wildman–Crippen MR) is 68.1 cm³/mol. The van der Waals surface area contributed by atoms with Crippen LogP contribution in [0.3, 0.4) is 0 Å². The normalized spacial score (nSPS) is 11.7. The Hall–Kier alpha value is -2.04. The highest BCUT2D eigenvalue weighted by atomic mass is 19.1. The Morgan fingerprint density at radius 1 is 1.42 bits per heavy atom. The monoisotopic (exact) mass is 265 g/mol. The van der Waals surface area contributed by atoms with Crippen LogP contribution in [0.5, 0.6) is 0 Å². The molecule has 5 heteroatoms. The van der Waals surface area contributed by atoms with Gasteiger partial charge in [0, 0.05) is 18.0 Å². The van der Waals surface area contributed by atoms with Gasteiger partial charge in [-0.1, -0.05) is 0 Å². The Morgan fingerprint density at radius 2 is 2.11 bits per heavy atom. The number of halogens is 1. The van der Waals surface area contributed by atoms with Crippen molar-refractivity contribution >= 4 is 18.6 Å². The van der Waals surface area contributed by atoms with E-state index in [1.807, 2.05) is 0 Å². The minimum atomic E-state index is -0.481. The molecule has 4 nitrogen and oxygen atoms in total. The highest BCUT2D eigenvalue weighted by molar-refractivity contribution is 6.01. The maximum atomic E-state index is 13.0. The van der Waals surface area contributed by atoms with Crippen LogP contribution in [0, 0.1) is 12.7 Å². The molecule has 1 aromatic carbocycles. The van der Waals surface area contributed by atoms with Gasteiger partial charge in [0.25, 0.3) is 5.91 Å². The molecule has 0 aliphatic carbocycles. The number of hydrogen-bond acceptors (Lipinski definition) is 3. The van der Waals surface area contributed by atoms with Gasteiger partial charge in [-0.2, -0.15) is 0 Å². The molecule has 0 aliphatic heterocycles. The summed E-state index contributed by atoms with van der Waals surface area (Å²) in [5.74, 6) is -0.911. The third-order valence-electron chi connectivity index (χ3n) is 2.94. The largest absolute Gasteiger partial charge is 0.303 e. The molecule has 0 aliphatic rings. The highest BCUT2D eigenvalue weighted by Gasteiger charge is 2.22. The summed E-state index contributed by atoms with van der Waals surface area (Å²) < 4.78 is 13.0. The van der Waals surface area contributed by atoms with Crippen LogP contribution in [-0.4, -0.2) is 29.5 Å². The van der Waals surface area contributed by atoms with Gasteiger partial charge in [-0.15, -0.1) is 0 Å². The number of imide groups is 1. The lowest BCUT2D eigenvalue weighted by Crippen LogP contribution is -2.37. The first-order valence-electron chi connectivity index (χ1n) is 5.99. The van der Waals surface area contributed by atoms with Gasteiger partial charge in [0.2, 0.25) is 6.41 Å². The number of benzene rings is 1. The lowest BCUT2D eigenvalue weighted by molar-refractivity contribution is -0.118. The molecular formula is C14H16FNO3. The number of carbonyl (C=O) groups is 3. The van der Waals surface area contributed by atoms with Gasteiger partial charge in [0.15, 0.2) is 0 Å². The van der Waals surface area contributed by atoms with E-state index in [1.54, 1.807) is 13.8 Å². The van der Waals surface area contributed by atoms with Gasteiger partial charge < -0.3 is 4.79 Å². The summed E-state index contributed by atoms with van der Waals surface area (Å²) in [5.41, 5.74) is 0.755. The number of rotatable bonds is 6. The molecule has 102 valence electrons. The smallest absolute Gasteiger partial charge is 0.260 e. The summed E-state index contributed by atoms with van der Waals surface area (Å²) >= 11 is 0. The topological polar surface area (TPSA) is 54.5 Å². The molecule has 0 saturated carbocycles. The molecule has 0 N–H and O–H groups in total. The molecule has 0 bridgehead atoms. The first kappa shape index (κ1) is 15.0. The van der Waals surface area contributed by atoms with E-state index in [0.717, 1.165) is 11.2 Å². The standard InChI is InChI=1S/C14H16FNO3/c1-10-8-12(15)5-6-13(10)14(19)16(9-18)11(2)4-3-7-17/h5-9,11H,3-4H2,1-2H3. The molecule has 1 rings (SSSR count). The minimum Gasteiger partial charge on any atom is -0.303 e. The van der Waals surface area contributed by atoms with E-state index in [4.69, 9.17) is 0 Å². The molecule has 0 fully saturated rings.